The number of aromatic nitrogens is 1. The summed E-state index contributed by atoms with van der Waals surface area (Å²) in [7, 11) is 3.08. The smallest absolute Gasteiger partial charge is 0.295 e. The molecule has 1 aromatic heterocycles. The van der Waals surface area contributed by atoms with E-state index in [2.05, 4.69) is 15.2 Å². The number of aromatic amines is 1. The summed E-state index contributed by atoms with van der Waals surface area (Å²) in [5, 5.41) is 18.2. The highest BCUT2D eigenvalue weighted by atomic mass is 16.5. The minimum absolute atomic E-state index is 0.180. The summed E-state index contributed by atoms with van der Waals surface area (Å²) in [6.45, 7) is 0. The van der Waals surface area contributed by atoms with Crippen molar-refractivity contribution < 1.29 is 19.4 Å². The van der Waals surface area contributed by atoms with Crippen LogP contribution in [0, 0.1) is 0 Å². The molecule has 122 valence electrons. The lowest BCUT2D eigenvalue weighted by atomic mass is 10.2. The number of azo groups is 1. The molecule has 0 spiro atoms. The largest absolute Gasteiger partial charge is 0.497 e. The number of hydrogen-bond donors (Lipinski definition) is 2. The average Bonchev–Trinajstić information content (AvgIpc) is 2.95. The molecule has 0 unspecified atom stereocenters. The second-order valence-corrected chi connectivity index (χ2v) is 4.94. The minimum atomic E-state index is -0.519. The first kappa shape index (κ1) is 15.5. The number of carbonyl (C=O) groups excluding carboxylic acids is 1. The molecule has 0 aliphatic heterocycles. The molecule has 24 heavy (non-hydrogen) atoms. The summed E-state index contributed by atoms with van der Waals surface area (Å²) in [6, 6.07) is 11.8. The lowest BCUT2D eigenvalue weighted by Gasteiger charge is -2.00. The zero-order chi connectivity index (χ0) is 17.1. The summed E-state index contributed by atoms with van der Waals surface area (Å²) in [4.78, 5) is 14.9. The number of para-hydroxylation sites is 1. The van der Waals surface area contributed by atoms with Gasteiger partial charge in [-0.25, -0.2) is 0 Å². The number of H-pyrrole nitrogens is 1. The summed E-state index contributed by atoms with van der Waals surface area (Å²) < 4.78 is 10.3. The molecule has 3 rings (SSSR count). The van der Waals surface area contributed by atoms with Crippen LogP contribution in [0.2, 0.25) is 0 Å². The Morgan fingerprint density at radius 1 is 1.08 bits per heavy atom. The molecule has 0 saturated heterocycles. The van der Waals surface area contributed by atoms with Crippen LogP contribution < -0.4 is 9.47 Å². The first-order valence-corrected chi connectivity index (χ1v) is 7.12. The van der Waals surface area contributed by atoms with E-state index < -0.39 is 5.91 Å². The maximum Gasteiger partial charge on any atom is 0.295 e. The molecule has 0 aliphatic carbocycles. The predicted octanol–water partition coefficient (Wildman–Crippen LogP) is 3.81. The molecule has 7 nitrogen and oxygen atoms in total. The van der Waals surface area contributed by atoms with Gasteiger partial charge in [-0.1, -0.05) is 12.1 Å². The van der Waals surface area contributed by atoms with Gasteiger partial charge in [0.15, 0.2) is 5.69 Å². The van der Waals surface area contributed by atoms with E-state index in [-0.39, 0.29) is 11.6 Å². The van der Waals surface area contributed by atoms with Crippen molar-refractivity contribution in [3.63, 3.8) is 0 Å². The van der Waals surface area contributed by atoms with Crippen molar-refractivity contribution in [2.75, 3.05) is 14.2 Å². The Labute approximate surface area is 137 Å². The molecule has 2 N–H and O–H groups in total. The van der Waals surface area contributed by atoms with E-state index in [1.165, 1.54) is 7.11 Å². The van der Waals surface area contributed by atoms with Crippen LogP contribution in [0.25, 0.3) is 10.9 Å². The quantitative estimate of drug-likeness (QED) is 0.713. The fourth-order valence-electron chi connectivity index (χ4n) is 2.32. The van der Waals surface area contributed by atoms with Crippen LogP contribution in [0.1, 0.15) is 10.4 Å². The van der Waals surface area contributed by atoms with Gasteiger partial charge in [0, 0.05) is 10.9 Å². The van der Waals surface area contributed by atoms with Crippen LogP contribution in [0.4, 0.5) is 5.69 Å². The molecule has 0 fully saturated rings. The molecular weight excluding hydrogens is 310 g/mol. The normalized spacial score (nSPS) is 11.1. The van der Waals surface area contributed by atoms with Crippen molar-refractivity contribution in [1.82, 2.24) is 4.98 Å². The Bertz CT molecular complexity index is 913. The number of carbonyl (C=O) groups is 1. The Hall–Kier alpha value is -3.35. The molecule has 0 saturated carbocycles. The van der Waals surface area contributed by atoms with E-state index in [0.717, 1.165) is 0 Å². The second-order valence-electron chi connectivity index (χ2n) is 4.94. The fraction of sp³-hybridized carbons (Fsp3) is 0.118. The summed E-state index contributed by atoms with van der Waals surface area (Å²) in [5.41, 5.74) is 1.14. The summed E-state index contributed by atoms with van der Waals surface area (Å²) in [6.07, 6.45) is 0. The highest BCUT2D eigenvalue weighted by Crippen LogP contribution is 2.39. The fourth-order valence-corrected chi connectivity index (χ4v) is 2.32. The van der Waals surface area contributed by atoms with E-state index in [4.69, 9.17) is 9.47 Å². The average molecular weight is 325 g/mol. The van der Waals surface area contributed by atoms with Crippen LogP contribution in [0.5, 0.6) is 17.4 Å². The van der Waals surface area contributed by atoms with Gasteiger partial charge in [0.05, 0.1) is 19.7 Å². The Kier molecular flexibility index (Phi) is 4.15. The third-order valence-electron chi connectivity index (χ3n) is 3.55. The molecule has 0 atom stereocenters. The van der Waals surface area contributed by atoms with Crippen LogP contribution >= 0.6 is 0 Å². The molecule has 0 aliphatic rings. The SMILES string of the molecule is COc1ccc(C(=O)N=Nc2c(O)[nH]c3c(OC)cccc23)cc1. The predicted molar refractivity (Wildman–Crippen MR) is 88.4 cm³/mol. The number of nitrogens with zero attached hydrogens (tertiary/aromatic N) is 2. The van der Waals surface area contributed by atoms with E-state index in [1.54, 1.807) is 49.6 Å². The van der Waals surface area contributed by atoms with Gasteiger partial charge in [-0.15, -0.1) is 10.2 Å². The summed E-state index contributed by atoms with van der Waals surface area (Å²) in [5.74, 6) is 0.505. The van der Waals surface area contributed by atoms with Crippen molar-refractivity contribution in [3.05, 3.63) is 48.0 Å². The van der Waals surface area contributed by atoms with Crippen LogP contribution in [-0.4, -0.2) is 30.2 Å². The van der Waals surface area contributed by atoms with E-state index in [1.807, 2.05) is 0 Å². The Balaban J connectivity index is 1.92. The molecule has 0 bridgehead atoms. The third kappa shape index (κ3) is 2.79. The minimum Gasteiger partial charge on any atom is -0.497 e. The van der Waals surface area contributed by atoms with Crippen LogP contribution in [0.15, 0.2) is 52.7 Å². The van der Waals surface area contributed by atoms with Crippen molar-refractivity contribution in [3.8, 4) is 17.4 Å². The van der Waals surface area contributed by atoms with Gasteiger partial charge in [-0.2, -0.15) is 0 Å². The maximum absolute atomic E-state index is 12.1. The van der Waals surface area contributed by atoms with Gasteiger partial charge < -0.3 is 19.6 Å². The molecular formula is C17H15N3O4. The zero-order valence-electron chi connectivity index (χ0n) is 13.1. The second kappa shape index (κ2) is 6.41. The van der Waals surface area contributed by atoms with Gasteiger partial charge in [-0.3, -0.25) is 4.79 Å². The number of rotatable bonds is 4. The Morgan fingerprint density at radius 2 is 1.83 bits per heavy atom. The number of amides is 1. The molecule has 1 amide bonds. The van der Waals surface area contributed by atoms with E-state index in [0.29, 0.717) is 28.0 Å². The highest BCUT2D eigenvalue weighted by Gasteiger charge is 2.14. The lowest BCUT2D eigenvalue weighted by Crippen LogP contribution is -1.93. The number of fused-ring (bicyclic) bond motifs is 1. The highest BCUT2D eigenvalue weighted by molar-refractivity contribution is 5.99. The number of ether oxygens (including phenoxy) is 2. The lowest BCUT2D eigenvalue weighted by molar-refractivity contribution is 0.0995. The first-order valence-electron chi connectivity index (χ1n) is 7.12. The van der Waals surface area contributed by atoms with E-state index >= 15 is 0 Å². The molecule has 3 aromatic rings. The van der Waals surface area contributed by atoms with Gasteiger partial charge >= 0.3 is 0 Å². The topological polar surface area (TPSA) is 96.3 Å². The maximum atomic E-state index is 12.1. The van der Waals surface area contributed by atoms with Gasteiger partial charge in [-0.05, 0) is 30.3 Å². The van der Waals surface area contributed by atoms with Crippen molar-refractivity contribution in [2.24, 2.45) is 10.2 Å². The molecule has 0 radical (unpaired) electrons. The van der Waals surface area contributed by atoms with Crippen molar-refractivity contribution >= 4 is 22.5 Å². The monoisotopic (exact) mass is 325 g/mol. The number of nitrogens with one attached hydrogen (secondary N) is 1. The molecule has 1 heterocycles. The van der Waals surface area contributed by atoms with E-state index in [9.17, 15) is 9.90 Å². The third-order valence-corrected chi connectivity index (χ3v) is 3.55. The number of methoxy groups -OCH3 is 2. The molecule has 2 aromatic carbocycles. The first-order chi connectivity index (χ1) is 11.6. The number of hydrogen-bond acceptors (Lipinski definition) is 5. The summed E-state index contributed by atoms with van der Waals surface area (Å²) >= 11 is 0. The van der Waals surface area contributed by atoms with Gasteiger partial charge in [0.2, 0.25) is 5.88 Å². The van der Waals surface area contributed by atoms with Crippen molar-refractivity contribution in [1.29, 1.82) is 0 Å². The van der Waals surface area contributed by atoms with Crippen LogP contribution in [0.3, 0.4) is 0 Å². The van der Waals surface area contributed by atoms with Gasteiger partial charge in [0.1, 0.15) is 11.5 Å². The number of aromatic hydroxyl groups is 1. The standard InChI is InChI=1S/C17H15N3O4/c1-23-11-8-6-10(7-9-11)16(21)20-19-15-12-4-3-5-13(24-2)14(12)18-17(15)22/h3-9,18,22H,1-2H3. The van der Waals surface area contributed by atoms with Crippen LogP contribution in [-0.2, 0) is 0 Å². The molecule has 7 heteroatoms. The van der Waals surface area contributed by atoms with Gasteiger partial charge in [0.25, 0.3) is 5.91 Å². The van der Waals surface area contributed by atoms with Crippen molar-refractivity contribution in [2.45, 2.75) is 0 Å². The zero-order valence-corrected chi connectivity index (χ0v) is 13.1. The number of benzene rings is 2. The Morgan fingerprint density at radius 3 is 2.50 bits per heavy atom.